The largest absolute Gasteiger partial charge is 0.334 e. The molecule has 37 heavy (non-hydrogen) atoms. The molecule has 6 rings (SSSR count). The normalized spacial score (nSPS) is 21.4. The van der Waals surface area contributed by atoms with E-state index < -0.39 is 11.6 Å². The smallest absolute Gasteiger partial charge is 0.317 e. The number of amides is 2. The Bertz CT molecular complexity index is 1420. The first-order valence-electron chi connectivity index (χ1n) is 12.9. The second-order valence-corrected chi connectivity index (χ2v) is 10.2. The van der Waals surface area contributed by atoms with Gasteiger partial charge in [0.25, 0.3) is 0 Å². The molecule has 2 aliphatic heterocycles. The SMILES string of the molecule is O=C(NC1CCCN(Cc2c(F)cccc2F)C1)N1CCc2[nH]nc(C3C=c4cccnc4=CC3)c2C1. The van der Waals surface area contributed by atoms with Crippen LogP contribution in [-0.4, -0.2) is 56.7 Å². The van der Waals surface area contributed by atoms with Crippen LogP contribution in [0, 0.1) is 11.6 Å². The topological polar surface area (TPSA) is 77.2 Å². The Morgan fingerprint density at radius 1 is 1.16 bits per heavy atom. The van der Waals surface area contributed by atoms with E-state index in [9.17, 15) is 13.6 Å². The highest BCUT2D eigenvalue weighted by atomic mass is 19.1. The number of fused-ring (bicyclic) bond motifs is 2. The molecule has 0 spiro atoms. The summed E-state index contributed by atoms with van der Waals surface area (Å²) in [5.41, 5.74) is 3.28. The average Bonchev–Trinajstić information content (AvgIpc) is 3.34. The van der Waals surface area contributed by atoms with E-state index in [4.69, 9.17) is 0 Å². The number of hydrogen-bond acceptors (Lipinski definition) is 4. The van der Waals surface area contributed by atoms with E-state index in [2.05, 4.69) is 38.7 Å². The van der Waals surface area contributed by atoms with Crippen molar-refractivity contribution in [3.8, 4) is 0 Å². The van der Waals surface area contributed by atoms with Crippen molar-refractivity contribution in [3.05, 3.63) is 81.2 Å². The van der Waals surface area contributed by atoms with Gasteiger partial charge in [-0.3, -0.25) is 15.0 Å². The number of piperidine rings is 1. The van der Waals surface area contributed by atoms with Crippen molar-refractivity contribution >= 4 is 18.2 Å². The number of pyridine rings is 1. The Labute approximate surface area is 213 Å². The number of carbonyl (C=O) groups excluding carboxylic acids is 1. The van der Waals surface area contributed by atoms with Crippen LogP contribution in [0.3, 0.4) is 0 Å². The van der Waals surface area contributed by atoms with Gasteiger partial charge < -0.3 is 10.2 Å². The number of benzene rings is 1. The monoisotopic (exact) mass is 504 g/mol. The average molecular weight is 505 g/mol. The van der Waals surface area contributed by atoms with Crippen LogP contribution in [0.4, 0.5) is 13.6 Å². The molecule has 0 radical (unpaired) electrons. The minimum absolute atomic E-state index is 0.0634. The van der Waals surface area contributed by atoms with Crippen LogP contribution in [0.25, 0.3) is 12.2 Å². The predicted molar refractivity (Wildman–Crippen MR) is 136 cm³/mol. The molecule has 0 saturated carbocycles. The number of aromatic amines is 1. The van der Waals surface area contributed by atoms with Crippen molar-refractivity contribution in [2.45, 2.75) is 50.7 Å². The Balaban J connectivity index is 1.11. The third-order valence-electron chi connectivity index (χ3n) is 7.70. The summed E-state index contributed by atoms with van der Waals surface area (Å²) in [4.78, 5) is 21.5. The lowest BCUT2D eigenvalue weighted by Crippen LogP contribution is -2.52. The van der Waals surface area contributed by atoms with Crippen molar-refractivity contribution in [3.63, 3.8) is 0 Å². The number of urea groups is 1. The lowest BCUT2D eigenvalue weighted by molar-refractivity contribution is 0.158. The van der Waals surface area contributed by atoms with E-state index in [-0.39, 0.29) is 30.1 Å². The molecule has 3 aliphatic rings. The molecular formula is C28H30F2N6O. The summed E-state index contributed by atoms with van der Waals surface area (Å²) >= 11 is 0. The van der Waals surface area contributed by atoms with Gasteiger partial charge in [0.1, 0.15) is 11.6 Å². The number of nitrogens with one attached hydrogen (secondary N) is 2. The molecular weight excluding hydrogens is 474 g/mol. The van der Waals surface area contributed by atoms with E-state index in [0.717, 1.165) is 59.7 Å². The van der Waals surface area contributed by atoms with Gasteiger partial charge in [-0.05, 0) is 49.2 Å². The first kappa shape index (κ1) is 23.8. The molecule has 0 bridgehead atoms. The number of nitrogens with zero attached hydrogens (tertiary/aromatic N) is 4. The van der Waals surface area contributed by atoms with E-state index in [0.29, 0.717) is 19.6 Å². The highest BCUT2D eigenvalue weighted by Gasteiger charge is 2.30. The van der Waals surface area contributed by atoms with E-state index in [1.807, 2.05) is 15.9 Å². The summed E-state index contributed by atoms with van der Waals surface area (Å²) < 4.78 is 28.3. The van der Waals surface area contributed by atoms with Crippen molar-refractivity contribution in [1.82, 2.24) is 30.3 Å². The number of aromatic nitrogens is 3. The van der Waals surface area contributed by atoms with E-state index in [1.165, 1.54) is 18.2 Å². The van der Waals surface area contributed by atoms with Gasteiger partial charge in [0, 0.05) is 61.0 Å². The van der Waals surface area contributed by atoms with Gasteiger partial charge in [0.15, 0.2) is 0 Å². The summed E-state index contributed by atoms with van der Waals surface area (Å²) in [6.07, 6.45) is 9.44. The number of likely N-dealkylation sites (tertiary alicyclic amines) is 1. The van der Waals surface area contributed by atoms with Crippen LogP contribution in [0.1, 0.15) is 47.7 Å². The molecule has 3 aromatic rings. The minimum Gasteiger partial charge on any atom is -0.334 e. The number of halogens is 2. The number of carbonyl (C=O) groups is 1. The third kappa shape index (κ3) is 4.87. The fraction of sp³-hybridized carbons (Fsp3) is 0.393. The fourth-order valence-electron chi connectivity index (χ4n) is 5.74. The van der Waals surface area contributed by atoms with Crippen LogP contribution in [-0.2, 0) is 19.5 Å². The zero-order valence-electron chi connectivity index (χ0n) is 20.6. The number of hydrogen-bond donors (Lipinski definition) is 2. The summed E-state index contributed by atoms with van der Waals surface area (Å²) in [6, 6.07) is 7.80. The summed E-state index contributed by atoms with van der Waals surface area (Å²) in [7, 11) is 0. The molecule has 2 amide bonds. The minimum atomic E-state index is -0.529. The van der Waals surface area contributed by atoms with E-state index >= 15 is 0 Å². The zero-order chi connectivity index (χ0) is 25.4. The molecule has 1 aliphatic carbocycles. The molecule has 192 valence electrons. The van der Waals surface area contributed by atoms with Crippen LogP contribution in [0.5, 0.6) is 0 Å². The van der Waals surface area contributed by atoms with Crippen molar-refractivity contribution in [2.24, 2.45) is 0 Å². The quantitative estimate of drug-likeness (QED) is 0.573. The predicted octanol–water partition coefficient (Wildman–Crippen LogP) is 2.56. The molecule has 2 aromatic heterocycles. The fourth-order valence-corrected chi connectivity index (χ4v) is 5.74. The van der Waals surface area contributed by atoms with Crippen molar-refractivity contribution < 1.29 is 13.6 Å². The molecule has 9 heteroatoms. The number of H-pyrrole nitrogens is 1. The molecule has 7 nitrogen and oxygen atoms in total. The summed E-state index contributed by atoms with van der Waals surface area (Å²) in [5.74, 6) is -0.914. The molecule has 1 saturated heterocycles. The Morgan fingerprint density at radius 2 is 2.03 bits per heavy atom. The lowest BCUT2D eigenvalue weighted by Gasteiger charge is -2.35. The first-order chi connectivity index (χ1) is 18.0. The van der Waals surface area contributed by atoms with Gasteiger partial charge in [0.05, 0.1) is 17.6 Å². The third-order valence-corrected chi connectivity index (χ3v) is 7.70. The van der Waals surface area contributed by atoms with Crippen molar-refractivity contribution in [1.29, 1.82) is 0 Å². The maximum Gasteiger partial charge on any atom is 0.317 e. The molecule has 2 N–H and O–H groups in total. The molecule has 2 unspecified atom stereocenters. The molecule has 4 heterocycles. The molecule has 1 aromatic carbocycles. The molecule has 1 fully saturated rings. The summed E-state index contributed by atoms with van der Waals surface area (Å²) in [6.45, 7) is 2.64. The second-order valence-electron chi connectivity index (χ2n) is 10.2. The van der Waals surface area contributed by atoms with Gasteiger partial charge in [-0.1, -0.05) is 24.3 Å². The lowest BCUT2D eigenvalue weighted by atomic mass is 9.91. The van der Waals surface area contributed by atoms with Gasteiger partial charge in [-0.2, -0.15) is 5.10 Å². The standard InChI is InChI=1S/C28H30F2N6O/c29-23-6-1-7-24(30)21(23)16-35-12-3-5-20(15-35)32-28(37)36-13-10-26-22(17-36)27(34-33-26)19-8-9-25-18(14-19)4-2-11-31-25/h1-2,4,6-7,9,11,14,19-20H,3,5,8,10,12-13,15-17H2,(H,32,37)(H,33,34). The van der Waals surface area contributed by atoms with Gasteiger partial charge >= 0.3 is 6.03 Å². The number of rotatable bonds is 4. The highest BCUT2D eigenvalue weighted by Crippen LogP contribution is 2.30. The first-order valence-corrected chi connectivity index (χ1v) is 12.9. The molecule has 2 atom stereocenters. The summed E-state index contributed by atoms with van der Waals surface area (Å²) in [5, 5.41) is 13.1. The second kappa shape index (κ2) is 10.0. The zero-order valence-corrected chi connectivity index (χ0v) is 20.6. The maximum atomic E-state index is 14.1. The van der Waals surface area contributed by atoms with Crippen LogP contribution >= 0.6 is 0 Å². The van der Waals surface area contributed by atoms with Crippen LogP contribution < -0.4 is 15.9 Å². The van der Waals surface area contributed by atoms with Gasteiger partial charge in [-0.15, -0.1) is 0 Å². The van der Waals surface area contributed by atoms with Crippen molar-refractivity contribution in [2.75, 3.05) is 19.6 Å². The highest BCUT2D eigenvalue weighted by molar-refractivity contribution is 5.75. The Morgan fingerprint density at radius 3 is 2.89 bits per heavy atom. The maximum absolute atomic E-state index is 14.1. The Kier molecular flexibility index (Phi) is 6.46. The van der Waals surface area contributed by atoms with Gasteiger partial charge in [0.2, 0.25) is 0 Å². The van der Waals surface area contributed by atoms with Crippen LogP contribution in [0.2, 0.25) is 0 Å². The van der Waals surface area contributed by atoms with Gasteiger partial charge in [-0.25, -0.2) is 13.6 Å². The Hall–Kier alpha value is -3.59. The van der Waals surface area contributed by atoms with Crippen LogP contribution in [0.15, 0.2) is 36.5 Å². The van der Waals surface area contributed by atoms with E-state index in [1.54, 1.807) is 6.20 Å².